The number of anilines is 1. The number of aliphatic hydroxyl groups excluding tert-OH is 1. The van der Waals surface area contributed by atoms with Crippen molar-refractivity contribution in [2.45, 2.75) is 39.1 Å². The van der Waals surface area contributed by atoms with E-state index in [2.05, 4.69) is 41.3 Å². The normalized spacial score (nSPS) is 13.2. The number of alkyl halides is 3. The molecule has 3 rings (SSSR count). The summed E-state index contributed by atoms with van der Waals surface area (Å²) < 4.78 is 31.7. The first-order valence-corrected chi connectivity index (χ1v) is 9.03. The van der Waals surface area contributed by atoms with Crippen LogP contribution in [0.2, 0.25) is 0 Å². The molecule has 0 fully saturated rings. The van der Waals surface area contributed by atoms with Gasteiger partial charge in [0, 0.05) is 5.39 Å². The Kier molecular flexibility index (Phi) is 7.33. The number of carboxylic acid groups (broad SMARTS) is 1. The smallest absolute Gasteiger partial charge is 0.475 e. The highest BCUT2D eigenvalue weighted by molar-refractivity contribution is 5.88. The van der Waals surface area contributed by atoms with E-state index in [4.69, 9.17) is 9.90 Å². The van der Waals surface area contributed by atoms with Crippen LogP contribution in [0, 0.1) is 13.8 Å². The van der Waals surface area contributed by atoms with E-state index < -0.39 is 18.2 Å². The summed E-state index contributed by atoms with van der Waals surface area (Å²) in [4.78, 5) is 17.6. The highest BCUT2D eigenvalue weighted by Gasteiger charge is 2.38. The van der Waals surface area contributed by atoms with Gasteiger partial charge in [-0.05, 0) is 49.6 Å². The van der Waals surface area contributed by atoms with E-state index in [9.17, 15) is 18.3 Å². The van der Waals surface area contributed by atoms with Crippen LogP contribution in [0.3, 0.4) is 0 Å². The molecule has 30 heavy (non-hydrogen) atoms. The monoisotopic (exact) mass is 421 g/mol. The van der Waals surface area contributed by atoms with E-state index in [1.807, 2.05) is 30.3 Å². The van der Waals surface area contributed by atoms with Crippen LogP contribution in [0.25, 0.3) is 10.9 Å². The molecule has 2 atom stereocenters. The molecule has 0 aliphatic heterocycles. The molecule has 1 heterocycles. The first-order chi connectivity index (χ1) is 14.0. The number of hydrogen-bond donors (Lipinski definition) is 3. The summed E-state index contributed by atoms with van der Waals surface area (Å²) >= 11 is 0. The second-order valence-corrected chi connectivity index (χ2v) is 6.71. The lowest BCUT2D eigenvalue weighted by molar-refractivity contribution is -0.192. The van der Waals surface area contributed by atoms with Gasteiger partial charge in [-0.2, -0.15) is 13.2 Å². The van der Waals surface area contributed by atoms with Crippen molar-refractivity contribution < 1.29 is 28.2 Å². The number of nitrogens with zero attached hydrogens (tertiary/aromatic N) is 2. The highest BCUT2D eigenvalue weighted by Crippen LogP contribution is 2.30. The third kappa shape index (κ3) is 5.66. The predicted octanol–water partition coefficient (Wildman–Crippen LogP) is 4.41. The maximum atomic E-state index is 10.6. The summed E-state index contributed by atoms with van der Waals surface area (Å²) in [6, 6.07) is 13.8. The Morgan fingerprint density at radius 3 is 2.13 bits per heavy atom. The Morgan fingerprint density at radius 1 is 1.03 bits per heavy atom. The number of hydrogen-bond acceptors (Lipinski definition) is 5. The molecule has 9 heteroatoms. The van der Waals surface area contributed by atoms with Crippen LogP contribution in [-0.2, 0) is 4.79 Å². The van der Waals surface area contributed by atoms with E-state index in [0.717, 1.165) is 33.4 Å². The minimum absolute atomic E-state index is 0.227. The molecular weight excluding hydrogens is 399 g/mol. The van der Waals surface area contributed by atoms with Crippen molar-refractivity contribution in [1.82, 2.24) is 9.97 Å². The fraction of sp³-hybridized carbons (Fsp3) is 0.286. The number of carboxylic acids is 1. The summed E-state index contributed by atoms with van der Waals surface area (Å²) in [5.74, 6) is -2.02. The van der Waals surface area contributed by atoms with Gasteiger partial charge in [-0.1, -0.05) is 30.3 Å². The van der Waals surface area contributed by atoms with Crippen LogP contribution < -0.4 is 5.32 Å². The Bertz CT molecular complexity index is 998. The molecule has 0 aliphatic carbocycles. The van der Waals surface area contributed by atoms with E-state index in [1.165, 1.54) is 0 Å². The number of nitrogens with one attached hydrogen (secondary N) is 1. The number of rotatable bonds is 4. The van der Waals surface area contributed by atoms with E-state index in [1.54, 1.807) is 13.3 Å². The summed E-state index contributed by atoms with van der Waals surface area (Å²) in [7, 11) is 0. The van der Waals surface area contributed by atoms with Gasteiger partial charge < -0.3 is 15.5 Å². The van der Waals surface area contributed by atoms with Gasteiger partial charge in [0.1, 0.15) is 12.1 Å². The van der Waals surface area contributed by atoms with Crippen LogP contribution in [0.15, 0.2) is 48.8 Å². The van der Waals surface area contributed by atoms with E-state index in [0.29, 0.717) is 0 Å². The minimum Gasteiger partial charge on any atom is -0.475 e. The predicted molar refractivity (Wildman–Crippen MR) is 107 cm³/mol. The number of aromatic nitrogens is 2. The van der Waals surface area contributed by atoms with Crippen LogP contribution in [0.4, 0.5) is 19.0 Å². The van der Waals surface area contributed by atoms with Gasteiger partial charge in [-0.3, -0.25) is 0 Å². The molecule has 0 saturated carbocycles. The number of aliphatic carboxylic acids is 1. The molecule has 6 nitrogen and oxygen atoms in total. The number of para-hydroxylation sites is 1. The molecule has 0 spiro atoms. The third-order valence-electron chi connectivity index (χ3n) is 4.41. The largest absolute Gasteiger partial charge is 0.490 e. The molecule has 3 N–H and O–H groups in total. The fourth-order valence-electron chi connectivity index (χ4n) is 3.02. The van der Waals surface area contributed by atoms with Crippen molar-refractivity contribution in [3.05, 3.63) is 65.5 Å². The Balaban J connectivity index is 0.000000396. The molecule has 3 aromatic rings. The molecule has 0 amide bonds. The highest BCUT2D eigenvalue weighted by atomic mass is 19.4. The zero-order chi connectivity index (χ0) is 22.5. The quantitative estimate of drug-likeness (QED) is 0.578. The van der Waals surface area contributed by atoms with Crippen molar-refractivity contribution in [2.75, 3.05) is 5.32 Å². The summed E-state index contributed by atoms with van der Waals surface area (Å²) in [6.45, 7) is 5.93. The van der Waals surface area contributed by atoms with Crippen LogP contribution in [-0.4, -0.2) is 38.4 Å². The Hall–Kier alpha value is -3.20. The van der Waals surface area contributed by atoms with E-state index in [-0.39, 0.29) is 6.04 Å². The standard InChI is InChI=1S/C19H21N3O.C2HF3O2/c1-12-7-6-8-13(2)17(12)18(14(3)23)22-19-15-9-4-5-10-16(15)20-11-21-19;3-2(4,5)1(6)7/h4-11,14,18,23H,1-3H3,(H,20,21,22);(H,6,7). The van der Waals surface area contributed by atoms with E-state index >= 15 is 0 Å². The van der Waals surface area contributed by atoms with Crippen molar-refractivity contribution in [1.29, 1.82) is 0 Å². The Morgan fingerprint density at radius 2 is 1.60 bits per heavy atom. The second kappa shape index (κ2) is 9.53. The first-order valence-electron chi connectivity index (χ1n) is 9.03. The molecule has 0 radical (unpaired) electrons. The molecule has 1 aromatic heterocycles. The van der Waals surface area contributed by atoms with Gasteiger partial charge >= 0.3 is 12.1 Å². The van der Waals surface area contributed by atoms with Crippen molar-refractivity contribution in [2.24, 2.45) is 0 Å². The fourth-order valence-corrected chi connectivity index (χ4v) is 3.02. The maximum absolute atomic E-state index is 10.6. The number of benzene rings is 2. The minimum atomic E-state index is -5.08. The van der Waals surface area contributed by atoms with Crippen molar-refractivity contribution in [3.8, 4) is 0 Å². The molecule has 0 saturated heterocycles. The molecule has 2 aromatic carbocycles. The second-order valence-electron chi connectivity index (χ2n) is 6.71. The van der Waals surface area contributed by atoms with Crippen LogP contribution >= 0.6 is 0 Å². The number of halogens is 3. The number of carbonyl (C=O) groups is 1. The van der Waals surface area contributed by atoms with Gasteiger partial charge in [0.15, 0.2) is 0 Å². The van der Waals surface area contributed by atoms with Gasteiger partial charge in [-0.15, -0.1) is 0 Å². The van der Waals surface area contributed by atoms with Crippen LogP contribution in [0.5, 0.6) is 0 Å². The van der Waals surface area contributed by atoms with Gasteiger partial charge in [0.05, 0.1) is 17.7 Å². The topological polar surface area (TPSA) is 95.3 Å². The lowest BCUT2D eigenvalue weighted by atomic mass is 9.93. The summed E-state index contributed by atoms with van der Waals surface area (Å²) in [5.41, 5.74) is 4.31. The molecular formula is C21H22F3N3O3. The molecule has 0 aliphatic rings. The van der Waals surface area contributed by atoms with Gasteiger partial charge in [0.2, 0.25) is 0 Å². The summed E-state index contributed by atoms with van der Waals surface area (Å²) in [5, 5.41) is 21.8. The van der Waals surface area contributed by atoms with Gasteiger partial charge in [0.25, 0.3) is 0 Å². The molecule has 160 valence electrons. The molecule has 2 unspecified atom stereocenters. The summed E-state index contributed by atoms with van der Waals surface area (Å²) in [6.07, 6.45) is -4.09. The number of aryl methyl sites for hydroxylation is 2. The lowest BCUT2D eigenvalue weighted by Gasteiger charge is -2.26. The first kappa shape index (κ1) is 23.1. The van der Waals surface area contributed by atoms with Gasteiger partial charge in [-0.25, -0.2) is 14.8 Å². The average Bonchev–Trinajstić information content (AvgIpc) is 2.66. The maximum Gasteiger partial charge on any atom is 0.490 e. The molecule has 0 bridgehead atoms. The van der Waals surface area contributed by atoms with Crippen LogP contribution in [0.1, 0.15) is 29.7 Å². The number of fused-ring (bicyclic) bond motifs is 1. The third-order valence-corrected chi connectivity index (χ3v) is 4.41. The lowest BCUT2D eigenvalue weighted by Crippen LogP contribution is -2.25. The zero-order valence-electron chi connectivity index (χ0n) is 16.6. The van der Waals surface area contributed by atoms with Crippen molar-refractivity contribution in [3.63, 3.8) is 0 Å². The SMILES string of the molecule is Cc1cccc(C)c1C(Nc1ncnc2ccccc12)C(C)O.O=C(O)C(F)(F)F. The Labute approximate surface area is 171 Å². The average molecular weight is 421 g/mol. The number of aliphatic hydroxyl groups is 1. The van der Waals surface area contributed by atoms with Crippen molar-refractivity contribution >= 4 is 22.7 Å². The zero-order valence-corrected chi connectivity index (χ0v) is 16.6.